The topological polar surface area (TPSA) is 88.4 Å². The zero-order chi connectivity index (χ0) is 15.2. The van der Waals surface area contributed by atoms with E-state index in [4.69, 9.17) is 4.42 Å². The summed E-state index contributed by atoms with van der Waals surface area (Å²) < 4.78 is 9.78. The second-order valence-electron chi connectivity index (χ2n) is 4.55. The van der Waals surface area contributed by atoms with Crippen LogP contribution in [0.25, 0.3) is 11.5 Å². The van der Waals surface area contributed by atoms with Crippen molar-refractivity contribution in [2.24, 2.45) is 0 Å². The predicted molar refractivity (Wildman–Crippen MR) is 74.5 cm³/mol. The molecule has 7 heteroatoms. The fourth-order valence-corrected chi connectivity index (χ4v) is 1.85. The lowest BCUT2D eigenvalue weighted by molar-refractivity contribution is -0.140. The number of furan rings is 1. The summed E-state index contributed by atoms with van der Waals surface area (Å²) in [5.41, 5.74) is 0.952. The summed E-state index contributed by atoms with van der Waals surface area (Å²) >= 11 is 0. The number of rotatable bonds is 6. The van der Waals surface area contributed by atoms with Crippen LogP contribution in [0.3, 0.4) is 0 Å². The number of hydrogen-bond donors (Lipinski definition) is 1. The Kier molecular flexibility index (Phi) is 4.76. The number of nitrogens with one attached hydrogen (secondary N) is 1. The first kappa shape index (κ1) is 14.8. The first-order valence-electron chi connectivity index (χ1n) is 6.53. The molecule has 0 bridgehead atoms. The number of methoxy groups -OCH3 is 1. The first-order chi connectivity index (χ1) is 10.1. The normalized spacial score (nSPS) is 10.4. The van der Waals surface area contributed by atoms with Crippen LogP contribution in [-0.2, 0) is 9.53 Å². The fraction of sp³-hybridized carbons (Fsp3) is 0.357. The van der Waals surface area contributed by atoms with E-state index in [9.17, 15) is 9.59 Å². The Bertz CT molecular complexity index is 604. The van der Waals surface area contributed by atoms with Gasteiger partial charge in [0.25, 0.3) is 5.91 Å². The summed E-state index contributed by atoms with van der Waals surface area (Å²) in [7, 11) is 3.01. The summed E-state index contributed by atoms with van der Waals surface area (Å²) in [6.07, 6.45) is 2.38. The summed E-state index contributed by atoms with van der Waals surface area (Å²) in [5, 5.41) is 6.75. The Morgan fingerprint density at radius 2 is 2.29 bits per heavy atom. The van der Waals surface area contributed by atoms with Gasteiger partial charge in [-0.05, 0) is 18.6 Å². The van der Waals surface area contributed by atoms with Gasteiger partial charge < -0.3 is 14.1 Å². The highest BCUT2D eigenvalue weighted by atomic mass is 16.5. The van der Waals surface area contributed by atoms with Crippen LogP contribution in [-0.4, -0.2) is 47.7 Å². The van der Waals surface area contributed by atoms with Crippen molar-refractivity contribution in [3.8, 4) is 11.5 Å². The molecule has 0 saturated carbocycles. The van der Waals surface area contributed by atoms with E-state index in [1.165, 1.54) is 12.0 Å². The molecule has 0 aromatic carbocycles. The van der Waals surface area contributed by atoms with E-state index in [2.05, 4.69) is 14.9 Å². The molecule has 0 atom stereocenters. The minimum atomic E-state index is -0.282. The van der Waals surface area contributed by atoms with Gasteiger partial charge in [-0.2, -0.15) is 5.10 Å². The van der Waals surface area contributed by atoms with Crippen LogP contribution in [0, 0.1) is 0 Å². The second-order valence-corrected chi connectivity index (χ2v) is 4.55. The molecule has 0 spiro atoms. The molecule has 1 amide bonds. The highest BCUT2D eigenvalue weighted by molar-refractivity contribution is 5.93. The van der Waals surface area contributed by atoms with Gasteiger partial charge in [0.2, 0.25) is 0 Å². The highest BCUT2D eigenvalue weighted by Gasteiger charge is 2.16. The number of hydrogen-bond acceptors (Lipinski definition) is 5. The van der Waals surface area contributed by atoms with Crippen LogP contribution in [0.5, 0.6) is 0 Å². The molecule has 2 rings (SSSR count). The number of carbonyl (C=O) groups excluding carboxylic acids is 2. The van der Waals surface area contributed by atoms with Crippen molar-refractivity contribution >= 4 is 11.9 Å². The number of aromatic nitrogens is 2. The molecule has 1 N–H and O–H groups in total. The number of carbonyl (C=O) groups is 2. The van der Waals surface area contributed by atoms with Crippen molar-refractivity contribution in [2.45, 2.75) is 12.8 Å². The van der Waals surface area contributed by atoms with Crippen LogP contribution in [0.2, 0.25) is 0 Å². The van der Waals surface area contributed by atoms with Gasteiger partial charge in [-0.15, -0.1) is 0 Å². The maximum Gasteiger partial charge on any atom is 0.305 e. The van der Waals surface area contributed by atoms with Gasteiger partial charge in [0.15, 0.2) is 11.5 Å². The van der Waals surface area contributed by atoms with Crippen molar-refractivity contribution in [1.29, 1.82) is 0 Å². The van der Waals surface area contributed by atoms with Crippen molar-refractivity contribution in [1.82, 2.24) is 15.1 Å². The van der Waals surface area contributed by atoms with Gasteiger partial charge in [-0.25, -0.2) is 0 Å². The molecule has 2 heterocycles. The zero-order valence-electron chi connectivity index (χ0n) is 12.0. The standard InChI is InChI=1S/C14H17N3O4/c1-17(7-3-6-13(18)20-2)14(19)11-9-10(15-16-11)12-5-4-8-21-12/h4-5,8-9H,3,6-7H2,1-2H3,(H,15,16). The molecule has 0 aliphatic carbocycles. The lowest BCUT2D eigenvalue weighted by atomic mass is 10.2. The van der Waals surface area contributed by atoms with Crippen LogP contribution >= 0.6 is 0 Å². The van der Waals surface area contributed by atoms with Crippen molar-refractivity contribution in [3.63, 3.8) is 0 Å². The Balaban J connectivity index is 1.92. The lowest BCUT2D eigenvalue weighted by Gasteiger charge is -2.14. The van der Waals surface area contributed by atoms with E-state index in [1.54, 1.807) is 31.5 Å². The molecule has 0 saturated heterocycles. The third kappa shape index (κ3) is 3.71. The summed E-state index contributed by atoms with van der Waals surface area (Å²) in [4.78, 5) is 24.7. The van der Waals surface area contributed by atoms with Gasteiger partial charge in [-0.1, -0.05) is 0 Å². The number of aromatic amines is 1. The quantitative estimate of drug-likeness (QED) is 0.818. The molecule has 0 unspecified atom stereocenters. The fourth-order valence-electron chi connectivity index (χ4n) is 1.85. The Labute approximate surface area is 121 Å². The van der Waals surface area contributed by atoms with Crippen molar-refractivity contribution in [2.75, 3.05) is 20.7 Å². The summed E-state index contributed by atoms with van der Waals surface area (Å²) in [5.74, 6) is 0.125. The molecule has 2 aromatic heterocycles. The molecule has 2 aromatic rings. The van der Waals surface area contributed by atoms with Crippen molar-refractivity contribution in [3.05, 3.63) is 30.2 Å². The molecule has 0 radical (unpaired) electrons. The van der Waals surface area contributed by atoms with Crippen LogP contribution < -0.4 is 0 Å². The molecule has 0 aliphatic rings. The van der Waals surface area contributed by atoms with E-state index in [1.807, 2.05) is 0 Å². The molecule has 0 aliphatic heterocycles. The van der Waals surface area contributed by atoms with Gasteiger partial charge in [0, 0.05) is 26.1 Å². The van der Waals surface area contributed by atoms with Gasteiger partial charge in [0.05, 0.1) is 13.4 Å². The largest absolute Gasteiger partial charge is 0.469 e. The van der Waals surface area contributed by atoms with Crippen LogP contribution in [0.1, 0.15) is 23.3 Å². The lowest BCUT2D eigenvalue weighted by Crippen LogP contribution is -2.28. The highest BCUT2D eigenvalue weighted by Crippen LogP contribution is 2.18. The number of amides is 1. The Morgan fingerprint density at radius 1 is 1.48 bits per heavy atom. The monoisotopic (exact) mass is 291 g/mol. The SMILES string of the molecule is COC(=O)CCCN(C)C(=O)c1cc(-c2ccco2)[nH]n1. The maximum atomic E-state index is 12.2. The van der Waals surface area contributed by atoms with E-state index >= 15 is 0 Å². The smallest absolute Gasteiger partial charge is 0.305 e. The number of ether oxygens (including phenoxy) is 1. The Morgan fingerprint density at radius 3 is 2.95 bits per heavy atom. The number of H-pyrrole nitrogens is 1. The maximum absolute atomic E-state index is 12.2. The molecular formula is C14H17N3O4. The summed E-state index contributed by atoms with van der Waals surface area (Å²) in [6, 6.07) is 5.18. The van der Waals surface area contributed by atoms with Gasteiger partial charge >= 0.3 is 5.97 Å². The predicted octanol–water partition coefficient (Wildman–Crippen LogP) is 1.69. The van der Waals surface area contributed by atoms with Gasteiger partial charge in [-0.3, -0.25) is 14.7 Å². The van der Waals surface area contributed by atoms with E-state index < -0.39 is 0 Å². The first-order valence-corrected chi connectivity index (χ1v) is 6.53. The third-order valence-corrected chi connectivity index (χ3v) is 3.03. The molecule has 112 valence electrons. The van der Waals surface area contributed by atoms with E-state index in [0.717, 1.165) is 0 Å². The molecule has 0 fully saturated rings. The second kappa shape index (κ2) is 6.74. The summed E-state index contributed by atoms with van der Waals surface area (Å²) in [6.45, 7) is 0.455. The zero-order valence-corrected chi connectivity index (χ0v) is 12.0. The van der Waals surface area contributed by atoms with E-state index in [-0.39, 0.29) is 18.3 Å². The Hall–Kier alpha value is -2.57. The van der Waals surface area contributed by atoms with Crippen LogP contribution in [0.15, 0.2) is 28.9 Å². The minimum absolute atomic E-state index is 0.214. The average Bonchev–Trinajstić information content (AvgIpc) is 3.16. The third-order valence-electron chi connectivity index (χ3n) is 3.03. The number of esters is 1. The van der Waals surface area contributed by atoms with Gasteiger partial charge in [0.1, 0.15) is 5.69 Å². The average molecular weight is 291 g/mol. The molecule has 7 nitrogen and oxygen atoms in total. The molecular weight excluding hydrogens is 274 g/mol. The minimum Gasteiger partial charge on any atom is -0.469 e. The van der Waals surface area contributed by atoms with E-state index in [0.29, 0.717) is 30.1 Å². The van der Waals surface area contributed by atoms with Crippen molar-refractivity contribution < 1.29 is 18.7 Å². The van der Waals surface area contributed by atoms with Crippen LogP contribution in [0.4, 0.5) is 0 Å². The number of nitrogens with zero attached hydrogens (tertiary/aromatic N) is 2. The molecule has 21 heavy (non-hydrogen) atoms.